The van der Waals surface area contributed by atoms with Gasteiger partial charge in [0.05, 0.1) is 32.4 Å². The molecule has 1 atom stereocenters. The van der Waals surface area contributed by atoms with Crippen molar-refractivity contribution >= 4 is 31.5 Å². The Balaban J connectivity index is 1.92. The van der Waals surface area contributed by atoms with E-state index in [1.807, 2.05) is 44.2 Å². The highest BCUT2D eigenvalue weighted by Crippen LogP contribution is 2.52. The zero-order chi connectivity index (χ0) is 34.8. The molecule has 0 radical (unpaired) electrons. The van der Waals surface area contributed by atoms with Gasteiger partial charge in [-0.15, -0.1) is 0 Å². The van der Waals surface area contributed by atoms with Crippen LogP contribution in [0.4, 0.5) is 0 Å². The topological polar surface area (TPSA) is 141 Å². The average Bonchev–Trinajstić information content (AvgIpc) is 3.09. The Kier molecular flexibility index (Phi) is 15.7. The fourth-order valence-electron chi connectivity index (χ4n) is 4.42. The van der Waals surface area contributed by atoms with E-state index in [4.69, 9.17) is 28.0 Å². The number of unbranched alkanes of at least 4 members (excludes halogenated alkanes) is 2. The largest absolute Gasteiger partial charge is 0.469 e. The molecule has 0 bridgehead atoms. The van der Waals surface area contributed by atoms with Crippen LogP contribution in [0.15, 0.2) is 78.9 Å². The number of para-hydroxylation sites is 2. The molecule has 0 aliphatic carbocycles. The van der Waals surface area contributed by atoms with E-state index in [0.717, 1.165) is 18.4 Å². The van der Waals surface area contributed by atoms with Gasteiger partial charge >= 0.3 is 31.5 Å². The molecule has 0 aliphatic heterocycles. The summed E-state index contributed by atoms with van der Waals surface area (Å²) >= 11 is 0. The lowest BCUT2D eigenvalue weighted by Gasteiger charge is -2.25. The highest BCUT2D eigenvalue weighted by molar-refractivity contribution is 7.54. The zero-order valence-corrected chi connectivity index (χ0v) is 28.5. The quantitative estimate of drug-likeness (QED) is 0.0504. The van der Waals surface area contributed by atoms with Crippen molar-refractivity contribution in [2.45, 2.75) is 59.0 Å². The minimum Gasteiger partial charge on any atom is -0.469 e. The molecule has 3 rings (SSSR count). The van der Waals surface area contributed by atoms with E-state index < -0.39 is 43.6 Å². The van der Waals surface area contributed by atoms with Crippen LogP contribution in [-0.2, 0) is 39.7 Å². The van der Waals surface area contributed by atoms with Crippen molar-refractivity contribution in [1.29, 1.82) is 0 Å². The number of methoxy groups -OCH3 is 1. The monoisotopic (exact) mass is 682 g/mol. The van der Waals surface area contributed by atoms with Gasteiger partial charge in [0, 0.05) is 6.42 Å². The maximum absolute atomic E-state index is 14.7. The summed E-state index contributed by atoms with van der Waals surface area (Å²) in [5, 5.41) is 0. The van der Waals surface area contributed by atoms with Gasteiger partial charge in [0.15, 0.2) is 0 Å². The number of carbonyl (C=O) groups excluding carboxylic acids is 4. The van der Waals surface area contributed by atoms with Gasteiger partial charge in [-0.25, -0.2) is 14.2 Å². The normalized spacial score (nSPS) is 11.6. The Morgan fingerprint density at radius 2 is 1.19 bits per heavy atom. The molecule has 0 spiro atoms. The summed E-state index contributed by atoms with van der Waals surface area (Å²) in [4.78, 5) is 51.5. The van der Waals surface area contributed by atoms with Gasteiger partial charge in [-0.1, -0.05) is 81.3 Å². The van der Waals surface area contributed by atoms with Gasteiger partial charge in [0.25, 0.3) is 0 Å². The van der Waals surface area contributed by atoms with Crippen molar-refractivity contribution in [1.82, 2.24) is 0 Å². The van der Waals surface area contributed by atoms with Crippen molar-refractivity contribution in [3.8, 4) is 11.5 Å². The van der Waals surface area contributed by atoms with Crippen molar-refractivity contribution in [3.05, 3.63) is 95.6 Å². The van der Waals surface area contributed by atoms with Gasteiger partial charge in [-0.3, -0.25) is 9.59 Å². The molecular formula is C36H43O11P. The van der Waals surface area contributed by atoms with Gasteiger partial charge < -0.3 is 28.0 Å². The summed E-state index contributed by atoms with van der Waals surface area (Å²) in [6, 6.07) is 21.2. The van der Waals surface area contributed by atoms with E-state index in [0.29, 0.717) is 12.8 Å². The number of hydrogen-bond donors (Lipinski definition) is 0. The second-order valence-corrected chi connectivity index (χ2v) is 12.8. The minimum absolute atomic E-state index is 0.0104. The summed E-state index contributed by atoms with van der Waals surface area (Å²) in [6.45, 7) is 4.31. The molecule has 258 valence electrons. The summed E-state index contributed by atoms with van der Waals surface area (Å²) in [6.07, 6.45) is 2.04. The molecule has 48 heavy (non-hydrogen) atoms. The summed E-state index contributed by atoms with van der Waals surface area (Å²) in [7, 11) is -3.31. The predicted molar refractivity (Wildman–Crippen MR) is 178 cm³/mol. The average molecular weight is 683 g/mol. The first-order valence-electron chi connectivity index (χ1n) is 16.0. The second kappa shape index (κ2) is 19.9. The molecule has 0 N–H and O–H groups in total. The molecule has 0 amide bonds. The summed E-state index contributed by atoms with van der Waals surface area (Å²) in [5.74, 6) is -4.13. The lowest BCUT2D eigenvalue weighted by Crippen LogP contribution is -2.24. The highest BCUT2D eigenvalue weighted by Gasteiger charge is 2.38. The SMILES string of the molecule is CCCCOC(=O)c1ccccc1OP(=O)(CC(CCC(=O)OCc1ccccc1)C(=O)OC)Oc1ccccc1C(=O)OCCCC. The van der Waals surface area contributed by atoms with Gasteiger partial charge in [0.1, 0.15) is 29.2 Å². The molecule has 0 aliphatic rings. The van der Waals surface area contributed by atoms with E-state index in [1.165, 1.54) is 31.4 Å². The van der Waals surface area contributed by atoms with Gasteiger partial charge in [-0.2, -0.15) is 0 Å². The van der Waals surface area contributed by atoms with Crippen LogP contribution in [0.3, 0.4) is 0 Å². The Morgan fingerprint density at radius 3 is 1.69 bits per heavy atom. The zero-order valence-electron chi connectivity index (χ0n) is 27.6. The summed E-state index contributed by atoms with van der Waals surface area (Å²) in [5.41, 5.74) is 0.771. The number of esters is 4. The number of hydrogen-bond acceptors (Lipinski definition) is 11. The lowest BCUT2D eigenvalue weighted by atomic mass is 10.1. The maximum atomic E-state index is 14.7. The maximum Gasteiger partial charge on any atom is 0.431 e. The molecule has 11 nitrogen and oxygen atoms in total. The first-order valence-corrected chi connectivity index (χ1v) is 17.7. The first-order chi connectivity index (χ1) is 23.2. The molecule has 0 aromatic heterocycles. The van der Waals surface area contributed by atoms with Crippen molar-refractivity contribution in [2.75, 3.05) is 26.5 Å². The summed E-state index contributed by atoms with van der Waals surface area (Å²) < 4.78 is 47.8. The number of carbonyl (C=O) groups is 4. The highest BCUT2D eigenvalue weighted by atomic mass is 31.2. The van der Waals surface area contributed by atoms with Crippen molar-refractivity contribution in [3.63, 3.8) is 0 Å². The van der Waals surface area contributed by atoms with Gasteiger partial charge in [0.2, 0.25) is 0 Å². The van der Waals surface area contributed by atoms with E-state index in [2.05, 4.69) is 0 Å². The molecule has 0 saturated heterocycles. The number of benzene rings is 3. The molecule has 3 aromatic carbocycles. The van der Waals surface area contributed by atoms with Crippen molar-refractivity contribution < 1.29 is 51.7 Å². The fraction of sp³-hybridized carbons (Fsp3) is 0.389. The molecule has 1 unspecified atom stereocenters. The van der Waals surface area contributed by atoms with E-state index in [-0.39, 0.29) is 55.3 Å². The van der Waals surface area contributed by atoms with Crippen LogP contribution in [0, 0.1) is 5.92 Å². The van der Waals surface area contributed by atoms with E-state index in [1.54, 1.807) is 24.3 Å². The Bertz CT molecular complexity index is 1470. The first kappa shape index (κ1) is 37.8. The molecule has 0 fully saturated rings. The third-order valence-corrected chi connectivity index (χ3v) is 8.91. The minimum atomic E-state index is -4.47. The Labute approximate surface area is 281 Å². The van der Waals surface area contributed by atoms with Crippen molar-refractivity contribution in [2.24, 2.45) is 5.92 Å². The second-order valence-electron chi connectivity index (χ2n) is 10.9. The van der Waals surface area contributed by atoms with Crippen LogP contribution >= 0.6 is 7.60 Å². The smallest absolute Gasteiger partial charge is 0.431 e. The fourth-order valence-corrected chi connectivity index (χ4v) is 6.39. The van der Waals surface area contributed by atoms with E-state index >= 15 is 0 Å². The van der Waals surface area contributed by atoms with Crippen LogP contribution < -0.4 is 9.05 Å². The van der Waals surface area contributed by atoms with E-state index in [9.17, 15) is 23.7 Å². The standard InChI is InChI=1S/C36H43O11P/c1-4-6-23-43-35(39)29-17-11-13-19-31(29)46-48(41,47-32-20-14-12-18-30(32)36(40)44-24-7-5-2)26-28(34(38)42-3)21-22-33(37)45-25-27-15-9-8-10-16-27/h8-20,28H,4-7,21-26H2,1-3H3. The Morgan fingerprint density at radius 1 is 0.688 bits per heavy atom. The molecule has 3 aromatic rings. The molecule has 0 heterocycles. The third-order valence-electron chi connectivity index (χ3n) is 7.07. The third kappa shape index (κ3) is 12.2. The van der Waals surface area contributed by atoms with Gasteiger partial charge in [-0.05, 0) is 49.1 Å². The molecule has 0 saturated carbocycles. The Hall–Kier alpha value is -4.63. The predicted octanol–water partition coefficient (Wildman–Crippen LogP) is 7.56. The number of rotatable bonds is 20. The van der Waals surface area contributed by atoms with Crippen LogP contribution in [-0.4, -0.2) is 50.4 Å². The molecule has 12 heteroatoms. The van der Waals surface area contributed by atoms with Crippen LogP contribution in [0.5, 0.6) is 11.5 Å². The number of ether oxygens (including phenoxy) is 4. The lowest BCUT2D eigenvalue weighted by molar-refractivity contribution is -0.147. The van der Waals surface area contributed by atoms with Crippen LogP contribution in [0.1, 0.15) is 78.7 Å². The van der Waals surface area contributed by atoms with Crippen LogP contribution in [0.2, 0.25) is 0 Å². The van der Waals surface area contributed by atoms with Crippen LogP contribution in [0.25, 0.3) is 0 Å². The molecular weight excluding hydrogens is 639 g/mol.